The molecule has 0 aromatic heterocycles. The second-order valence-corrected chi connectivity index (χ2v) is 4.70. The third-order valence-corrected chi connectivity index (χ3v) is 3.00. The first-order chi connectivity index (χ1) is 8.13. The van der Waals surface area contributed by atoms with Crippen LogP contribution in [0.25, 0.3) is 0 Å². The zero-order chi connectivity index (χ0) is 12.7. The van der Waals surface area contributed by atoms with Gasteiger partial charge in [-0.05, 0) is 26.5 Å². The minimum atomic E-state index is 0.524. The second kappa shape index (κ2) is 7.25. The molecule has 0 amide bonds. The molecule has 0 aliphatic rings. The van der Waals surface area contributed by atoms with Gasteiger partial charge < -0.3 is 5.32 Å². The SMILES string of the molecule is C=CCNCC(C)N(C)Cc1cccc(C)c1. The van der Waals surface area contributed by atoms with E-state index in [0.717, 1.165) is 19.6 Å². The maximum Gasteiger partial charge on any atom is 0.0234 e. The van der Waals surface area contributed by atoms with Gasteiger partial charge in [0.15, 0.2) is 0 Å². The summed E-state index contributed by atoms with van der Waals surface area (Å²) >= 11 is 0. The molecule has 17 heavy (non-hydrogen) atoms. The molecule has 0 bridgehead atoms. The fourth-order valence-electron chi connectivity index (χ4n) is 1.80. The molecule has 0 heterocycles. The van der Waals surface area contributed by atoms with Gasteiger partial charge in [0.25, 0.3) is 0 Å². The van der Waals surface area contributed by atoms with Crippen molar-refractivity contribution >= 4 is 0 Å². The predicted octanol–water partition coefficient (Wildman–Crippen LogP) is 2.59. The van der Waals surface area contributed by atoms with Gasteiger partial charge in [0.1, 0.15) is 0 Å². The van der Waals surface area contributed by atoms with Crippen molar-refractivity contribution in [1.82, 2.24) is 10.2 Å². The highest BCUT2D eigenvalue weighted by atomic mass is 15.1. The fraction of sp³-hybridized carbons (Fsp3) is 0.467. The van der Waals surface area contributed by atoms with Crippen molar-refractivity contribution in [2.75, 3.05) is 20.1 Å². The first-order valence-electron chi connectivity index (χ1n) is 6.21. The minimum Gasteiger partial charge on any atom is -0.312 e. The van der Waals surface area contributed by atoms with Crippen LogP contribution >= 0.6 is 0 Å². The number of hydrogen-bond acceptors (Lipinski definition) is 2. The number of benzene rings is 1. The smallest absolute Gasteiger partial charge is 0.0234 e. The lowest BCUT2D eigenvalue weighted by atomic mass is 10.1. The summed E-state index contributed by atoms with van der Waals surface area (Å²) in [6.07, 6.45) is 1.90. The molecule has 0 aliphatic carbocycles. The lowest BCUT2D eigenvalue weighted by Crippen LogP contribution is -2.37. The van der Waals surface area contributed by atoms with Gasteiger partial charge in [0, 0.05) is 25.7 Å². The number of aryl methyl sites for hydroxylation is 1. The topological polar surface area (TPSA) is 15.3 Å². The molecule has 1 atom stereocenters. The lowest BCUT2D eigenvalue weighted by Gasteiger charge is -2.25. The summed E-state index contributed by atoms with van der Waals surface area (Å²) in [5.74, 6) is 0. The first-order valence-corrected chi connectivity index (χ1v) is 6.21. The van der Waals surface area contributed by atoms with Gasteiger partial charge in [-0.2, -0.15) is 0 Å². The van der Waals surface area contributed by atoms with Crippen LogP contribution in [0.3, 0.4) is 0 Å². The van der Waals surface area contributed by atoms with Crippen LogP contribution in [0, 0.1) is 6.92 Å². The van der Waals surface area contributed by atoms with E-state index in [0.29, 0.717) is 6.04 Å². The Morgan fingerprint density at radius 3 is 2.88 bits per heavy atom. The van der Waals surface area contributed by atoms with Crippen molar-refractivity contribution in [3.8, 4) is 0 Å². The molecule has 1 rings (SSSR count). The Balaban J connectivity index is 2.42. The number of rotatable bonds is 7. The molecular weight excluding hydrogens is 208 g/mol. The molecule has 1 unspecified atom stereocenters. The zero-order valence-corrected chi connectivity index (χ0v) is 11.2. The zero-order valence-electron chi connectivity index (χ0n) is 11.2. The van der Waals surface area contributed by atoms with Crippen molar-refractivity contribution < 1.29 is 0 Å². The van der Waals surface area contributed by atoms with Crippen LogP contribution in [0.5, 0.6) is 0 Å². The monoisotopic (exact) mass is 232 g/mol. The Bertz CT molecular complexity index is 347. The van der Waals surface area contributed by atoms with E-state index >= 15 is 0 Å². The quantitative estimate of drug-likeness (QED) is 0.574. The predicted molar refractivity (Wildman–Crippen MR) is 75.2 cm³/mol. The summed E-state index contributed by atoms with van der Waals surface area (Å²) in [6, 6.07) is 9.22. The Labute approximate surface area is 105 Å². The highest BCUT2D eigenvalue weighted by molar-refractivity contribution is 5.22. The summed E-state index contributed by atoms with van der Waals surface area (Å²) in [7, 11) is 2.17. The normalized spacial score (nSPS) is 12.7. The lowest BCUT2D eigenvalue weighted by molar-refractivity contribution is 0.244. The molecule has 2 nitrogen and oxygen atoms in total. The number of nitrogens with one attached hydrogen (secondary N) is 1. The van der Waals surface area contributed by atoms with E-state index in [9.17, 15) is 0 Å². The Morgan fingerprint density at radius 1 is 1.47 bits per heavy atom. The summed E-state index contributed by atoms with van der Waals surface area (Å²) < 4.78 is 0. The number of likely N-dealkylation sites (N-methyl/N-ethyl adjacent to an activating group) is 1. The van der Waals surface area contributed by atoms with E-state index in [1.165, 1.54) is 11.1 Å². The van der Waals surface area contributed by atoms with Gasteiger partial charge >= 0.3 is 0 Å². The summed E-state index contributed by atoms with van der Waals surface area (Å²) in [5, 5.41) is 3.35. The average molecular weight is 232 g/mol. The van der Waals surface area contributed by atoms with E-state index < -0.39 is 0 Å². The van der Waals surface area contributed by atoms with E-state index in [1.807, 2.05) is 6.08 Å². The third-order valence-electron chi connectivity index (χ3n) is 3.00. The van der Waals surface area contributed by atoms with Crippen LogP contribution in [0.15, 0.2) is 36.9 Å². The summed E-state index contributed by atoms with van der Waals surface area (Å²) in [4.78, 5) is 2.37. The van der Waals surface area contributed by atoms with Crippen molar-refractivity contribution in [3.05, 3.63) is 48.0 Å². The fourth-order valence-corrected chi connectivity index (χ4v) is 1.80. The van der Waals surface area contributed by atoms with Gasteiger partial charge in [0.2, 0.25) is 0 Å². The van der Waals surface area contributed by atoms with Gasteiger partial charge in [-0.3, -0.25) is 4.90 Å². The Morgan fingerprint density at radius 2 is 2.24 bits per heavy atom. The first kappa shape index (κ1) is 13.9. The van der Waals surface area contributed by atoms with Crippen LogP contribution in [-0.2, 0) is 6.54 Å². The van der Waals surface area contributed by atoms with Gasteiger partial charge in [-0.15, -0.1) is 6.58 Å². The largest absolute Gasteiger partial charge is 0.312 e. The molecule has 0 radical (unpaired) electrons. The molecule has 2 heteroatoms. The molecule has 94 valence electrons. The van der Waals surface area contributed by atoms with Crippen molar-refractivity contribution in [1.29, 1.82) is 0 Å². The molecule has 1 aromatic carbocycles. The molecule has 0 spiro atoms. The van der Waals surface area contributed by atoms with Crippen molar-refractivity contribution in [3.63, 3.8) is 0 Å². The van der Waals surface area contributed by atoms with Crippen molar-refractivity contribution in [2.45, 2.75) is 26.4 Å². The van der Waals surface area contributed by atoms with E-state index in [2.05, 4.69) is 62.0 Å². The Hall–Kier alpha value is -1.12. The molecule has 1 aromatic rings. The molecule has 0 fully saturated rings. The van der Waals surface area contributed by atoms with Crippen LogP contribution in [0.4, 0.5) is 0 Å². The van der Waals surface area contributed by atoms with E-state index in [4.69, 9.17) is 0 Å². The highest BCUT2D eigenvalue weighted by Gasteiger charge is 2.08. The van der Waals surface area contributed by atoms with E-state index in [-0.39, 0.29) is 0 Å². The van der Waals surface area contributed by atoms with Gasteiger partial charge in [-0.25, -0.2) is 0 Å². The maximum absolute atomic E-state index is 3.70. The standard InChI is InChI=1S/C15H24N2/c1-5-9-16-11-14(3)17(4)12-15-8-6-7-13(2)10-15/h5-8,10,14,16H,1,9,11-12H2,2-4H3. The molecule has 0 aliphatic heterocycles. The van der Waals surface area contributed by atoms with Crippen LogP contribution in [0.1, 0.15) is 18.1 Å². The second-order valence-electron chi connectivity index (χ2n) is 4.70. The number of hydrogen-bond donors (Lipinski definition) is 1. The summed E-state index contributed by atoms with van der Waals surface area (Å²) in [6.45, 7) is 11.0. The van der Waals surface area contributed by atoms with Crippen LogP contribution in [0.2, 0.25) is 0 Å². The molecule has 0 saturated carbocycles. The van der Waals surface area contributed by atoms with Crippen LogP contribution < -0.4 is 5.32 Å². The molecular formula is C15H24N2. The van der Waals surface area contributed by atoms with E-state index in [1.54, 1.807) is 0 Å². The molecule has 1 N–H and O–H groups in total. The average Bonchev–Trinajstić information content (AvgIpc) is 2.29. The molecule has 0 saturated heterocycles. The third kappa shape index (κ3) is 5.16. The highest BCUT2D eigenvalue weighted by Crippen LogP contribution is 2.08. The van der Waals surface area contributed by atoms with Crippen LogP contribution in [-0.4, -0.2) is 31.1 Å². The minimum absolute atomic E-state index is 0.524. The van der Waals surface area contributed by atoms with Gasteiger partial charge in [0.05, 0.1) is 0 Å². The Kier molecular flexibility index (Phi) is 5.95. The van der Waals surface area contributed by atoms with Crippen molar-refractivity contribution in [2.24, 2.45) is 0 Å². The number of nitrogens with zero attached hydrogens (tertiary/aromatic N) is 1. The van der Waals surface area contributed by atoms with Gasteiger partial charge in [-0.1, -0.05) is 35.9 Å². The summed E-state index contributed by atoms with van der Waals surface area (Å²) in [5.41, 5.74) is 2.71. The maximum atomic E-state index is 3.70.